The predicted molar refractivity (Wildman–Crippen MR) is 134 cm³/mol. The molecule has 5 rings (SSSR count). The molecule has 1 N–H and O–H groups in total. The van der Waals surface area contributed by atoms with Crippen molar-refractivity contribution in [2.24, 2.45) is 7.05 Å². The van der Waals surface area contributed by atoms with Crippen molar-refractivity contribution >= 4 is 17.1 Å². The van der Waals surface area contributed by atoms with Crippen molar-refractivity contribution < 1.29 is 8.78 Å². The quantitative estimate of drug-likeness (QED) is 0.462. The Morgan fingerprint density at radius 2 is 1.69 bits per heavy atom. The monoisotopic (exact) mass is 494 g/mol. The van der Waals surface area contributed by atoms with Crippen LogP contribution in [-0.4, -0.2) is 50.2 Å². The van der Waals surface area contributed by atoms with Gasteiger partial charge in [0, 0.05) is 51.4 Å². The Balaban J connectivity index is 1.48. The first-order valence-electron chi connectivity index (χ1n) is 11.9. The van der Waals surface area contributed by atoms with Crippen LogP contribution in [0, 0.1) is 25.5 Å². The number of hydrogen-bond donors (Lipinski definition) is 1. The van der Waals surface area contributed by atoms with Crippen molar-refractivity contribution in [2.45, 2.75) is 26.9 Å². The fraction of sp³-hybridized carbons (Fsp3) is 0.346. The third kappa shape index (κ3) is 4.44. The summed E-state index contributed by atoms with van der Waals surface area (Å²) in [5.41, 5.74) is 3.23. The van der Waals surface area contributed by atoms with Gasteiger partial charge in [0.1, 0.15) is 11.6 Å². The second-order valence-electron chi connectivity index (χ2n) is 9.42. The second-order valence-corrected chi connectivity index (χ2v) is 9.42. The summed E-state index contributed by atoms with van der Waals surface area (Å²) in [7, 11) is 1.53. The molecule has 3 heterocycles. The number of halogens is 2. The van der Waals surface area contributed by atoms with E-state index in [1.807, 2.05) is 4.90 Å². The Morgan fingerprint density at radius 1 is 0.944 bits per heavy atom. The maximum atomic E-state index is 14.5. The summed E-state index contributed by atoms with van der Waals surface area (Å²) in [6, 6.07) is 9.83. The number of nitrogens with zero attached hydrogens (tertiary/aromatic N) is 5. The van der Waals surface area contributed by atoms with Gasteiger partial charge in [-0.25, -0.2) is 13.6 Å². The van der Waals surface area contributed by atoms with Gasteiger partial charge in [-0.3, -0.25) is 23.8 Å². The zero-order valence-electron chi connectivity index (χ0n) is 20.5. The molecule has 1 saturated heterocycles. The lowest BCUT2D eigenvalue weighted by Gasteiger charge is -2.35. The lowest BCUT2D eigenvalue weighted by Crippen LogP contribution is -2.47. The van der Waals surface area contributed by atoms with Crippen LogP contribution in [-0.2, 0) is 20.1 Å². The number of rotatable bonds is 5. The Bertz CT molecular complexity index is 1560. The van der Waals surface area contributed by atoms with Crippen molar-refractivity contribution in [2.75, 3.05) is 31.1 Å². The average Bonchev–Trinajstić information content (AvgIpc) is 3.22. The topological polar surface area (TPSA) is 79.2 Å². The largest absolute Gasteiger partial charge is 0.340 e. The van der Waals surface area contributed by atoms with Gasteiger partial charge in [-0.15, -0.1) is 0 Å². The van der Waals surface area contributed by atoms with Crippen LogP contribution in [0.25, 0.3) is 11.2 Å². The van der Waals surface area contributed by atoms with E-state index in [1.165, 1.54) is 40.4 Å². The fourth-order valence-electron chi connectivity index (χ4n) is 4.75. The lowest BCUT2D eigenvalue weighted by atomic mass is 10.0. The molecule has 0 spiro atoms. The van der Waals surface area contributed by atoms with Crippen molar-refractivity contribution in [3.8, 4) is 0 Å². The first-order chi connectivity index (χ1) is 17.2. The van der Waals surface area contributed by atoms with E-state index < -0.39 is 22.9 Å². The minimum Gasteiger partial charge on any atom is -0.340 e. The maximum absolute atomic E-state index is 14.5. The van der Waals surface area contributed by atoms with Crippen LogP contribution in [0.4, 0.5) is 14.7 Å². The van der Waals surface area contributed by atoms with Gasteiger partial charge in [0.2, 0.25) is 5.95 Å². The van der Waals surface area contributed by atoms with Crippen LogP contribution in [0.15, 0.2) is 46.0 Å². The van der Waals surface area contributed by atoms with Gasteiger partial charge in [-0.1, -0.05) is 29.8 Å². The Hall–Kier alpha value is -3.79. The molecule has 1 fully saturated rings. The van der Waals surface area contributed by atoms with E-state index in [9.17, 15) is 18.4 Å². The molecule has 0 aliphatic carbocycles. The number of aromatic amines is 1. The highest BCUT2D eigenvalue weighted by molar-refractivity contribution is 5.74. The first kappa shape index (κ1) is 23.9. The number of hydrogen-bond acceptors (Lipinski definition) is 5. The van der Waals surface area contributed by atoms with Gasteiger partial charge in [-0.2, -0.15) is 4.98 Å². The molecule has 8 nitrogen and oxygen atoms in total. The molecule has 0 unspecified atom stereocenters. The van der Waals surface area contributed by atoms with Gasteiger partial charge >= 0.3 is 5.69 Å². The van der Waals surface area contributed by atoms with Crippen molar-refractivity contribution in [1.82, 2.24) is 24.0 Å². The Labute approximate surface area is 206 Å². The molecule has 188 valence electrons. The van der Waals surface area contributed by atoms with Gasteiger partial charge in [0.15, 0.2) is 11.2 Å². The summed E-state index contributed by atoms with van der Waals surface area (Å²) in [5.74, 6) is -0.902. The zero-order valence-corrected chi connectivity index (χ0v) is 20.5. The lowest BCUT2D eigenvalue weighted by molar-refractivity contribution is 0.247. The summed E-state index contributed by atoms with van der Waals surface area (Å²) < 4.78 is 30.9. The maximum Gasteiger partial charge on any atom is 0.329 e. The third-order valence-electron chi connectivity index (χ3n) is 6.88. The minimum absolute atomic E-state index is 0.0259. The smallest absolute Gasteiger partial charge is 0.329 e. The Morgan fingerprint density at radius 3 is 2.42 bits per heavy atom. The van der Waals surface area contributed by atoms with Gasteiger partial charge < -0.3 is 4.90 Å². The molecule has 0 amide bonds. The van der Waals surface area contributed by atoms with Gasteiger partial charge in [0.05, 0.1) is 6.54 Å². The average molecular weight is 495 g/mol. The first-order valence-corrected chi connectivity index (χ1v) is 11.9. The van der Waals surface area contributed by atoms with Crippen LogP contribution >= 0.6 is 0 Å². The van der Waals surface area contributed by atoms with Crippen molar-refractivity contribution in [3.05, 3.63) is 91.1 Å². The summed E-state index contributed by atoms with van der Waals surface area (Å²) in [5, 5.41) is 0. The van der Waals surface area contributed by atoms with Crippen LogP contribution in [0.2, 0.25) is 0 Å². The second kappa shape index (κ2) is 9.34. The molecule has 10 heteroatoms. The van der Waals surface area contributed by atoms with Crippen molar-refractivity contribution in [1.29, 1.82) is 0 Å². The highest BCUT2D eigenvalue weighted by atomic mass is 19.1. The van der Waals surface area contributed by atoms with E-state index in [4.69, 9.17) is 0 Å². The molecule has 4 aromatic rings. The molecule has 0 bridgehead atoms. The highest BCUT2D eigenvalue weighted by Crippen LogP contribution is 2.24. The number of benzene rings is 2. The van der Waals surface area contributed by atoms with E-state index in [1.54, 1.807) is 4.57 Å². The van der Waals surface area contributed by atoms with Crippen molar-refractivity contribution in [3.63, 3.8) is 0 Å². The number of anilines is 1. The normalized spacial score (nSPS) is 14.6. The molecule has 2 aromatic heterocycles. The summed E-state index contributed by atoms with van der Waals surface area (Å²) in [4.78, 5) is 36.4. The molecule has 0 atom stereocenters. The highest BCUT2D eigenvalue weighted by Gasteiger charge is 2.26. The van der Waals surface area contributed by atoms with E-state index in [0.717, 1.165) is 25.7 Å². The van der Waals surface area contributed by atoms with Crippen LogP contribution in [0.3, 0.4) is 0 Å². The molecule has 0 radical (unpaired) electrons. The van der Waals surface area contributed by atoms with Gasteiger partial charge in [0.25, 0.3) is 5.56 Å². The van der Waals surface area contributed by atoms with Crippen LogP contribution in [0.5, 0.6) is 0 Å². The molecular formula is C26H28F2N6O2. The molecule has 36 heavy (non-hydrogen) atoms. The predicted octanol–water partition coefficient (Wildman–Crippen LogP) is 2.69. The summed E-state index contributed by atoms with van der Waals surface area (Å²) >= 11 is 0. The van der Waals surface area contributed by atoms with E-state index in [0.29, 0.717) is 19.0 Å². The molecule has 1 aliphatic rings. The van der Waals surface area contributed by atoms with Crippen LogP contribution < -0.4 is 16.1 Å². The van der Waals surface area contributed by atoms with Gasteiger partial charge in [-0.05, 0) is 31.0 Å². The molecular weight excluding hydrogens is 466 g/mol. The van der Waals surface area contributed by atoms with E-state index in [2.05, 4.69) is 46.9 Å². The number of fused-ring (bicyclic) bond motifs is 1. The molecule has 0 saturated carbocycles. The Kier molecular flexibility index (Phi) is 6.21. The molecule has 2 aromatic carbocycles. The SMILES string of the molecule is Cc1ccc(C)c(CN2CCN(c3nc4c(c(=O)[nH]c(=O)n4C)n3Cc3ccc(F)cc3F)CC2)c1. The number of aromatic nitrogens is 4. The van der Waals surface area contributed by atoms with Crippen LogP contribution in [0.1, 0.15) is 22.3 Å². The zero-order chi connectivity index (χ0) is 25.6. The summed E-state index contributed by atoms with van der Waals surface area (Å²) in [6.45, 7) is 7.86. The standard InChI is InChI=1S/C26H28F2N6O2/c1-16-4-5-17(2)19(12-16)14-32-8-10-33(11-9-32)25-29-23-22(24(35)30-26(36)31(23)3)34(25)15-18-6-7-20(27)13-21(18)28/h4-7,12-13H,8-11,14-15H2,1-3H3,(H,30,35,36). The number of H-pyrrole nitrogens is 1. The number of imidazole rings is 1. The number of nitrogens with one attached hydrogen (secondary N) is 1. The minimum atomic E-state index is -0.706. The molecule has 1 aliphatic heterocycles. The number of piperazine rings is 1. The fourth-order valence-corrected chi connectivity index (χ4v) is 4.75. The summed E-state index contributed by atoms with van der Waals surface area (Å²) in [6.07, 6.45) is 0. The number of aryl methyl sites for hydroxylation is 3. The van der Waals surface area contributed by atoms with E-state index >= 15 is 0 Å². The third-order valence-corrected chi connectivity index (χ3v) is 6.88. The van der Waals surface area contributed by atoms with E-state index in [-0.39, 0.29) is 23.3 Å².